The summed E-state index contributed by atoms with van der Waals surface area (Å²) in [6.45, 7) is 4.04. The lowest BCUT2D eigenvalue weighted by Gasteiger charge is -2.00. The molecule has 0 aliphatic carbocycles. The van der Waals surface area contributed by atoms with E-state index in [9.17, 15) is 0 Å². The molecule has 1 aromatic heterocycles. The first-order chi connectivity index (χ1) is 5.29. The van der Waals surface area contributed by atoms with Crippen LogP contribution in [0.25, 0.3) is 0 Å². The third-order valence-electron chi connectivity index (χ3n) is 1.89. The maximum atomic E-state index is 4.23. The first-order valence-electron chi connectivity index (χ1n) is 3.64. The predicted octanol–water partition coefficient (Wildman–Crippen LogP) is 1.60. The topological polar surface area (TPSA) is 38.1 Å². The van der Waals surface area contributed by atoms with Crippen LogP contribution in [0, 0.1) is 6.92 Å². The Morgan fingerprint density at radius 3 is 2.91 bits per heavy atom. The van der Waals surface area contributed by atoms with E-state index in [0.717, 1.165) is 17.1 Å². The van der Waals surface area contributed by atoms with E-state index < -0.39 is 0 Å². The third-order valence-corrected chi connectivity index (χ3v) is 1.89. The van der Waals surface area contributed by atoms with E-state index >= 15 is 0 Å². The fraction of sp³-hybridized carbons (Fsp3) is 0.375. The molecule has 0 saturated carbocycles. The normalized spacial score (nSPS) is 20.4. The van der Waals surface area contributed by atoms with Gasteiger partial charge in [-0.3, -0.25) is 4.99 Å². The highest BCUT2D eigenvalue weighted by Gasteiger charge is 2.17. The quantitative estimate of drug-likeness (QED) is 0.559. The number of hydrogen-bond acceptors (Lipinski definition) is 3. The molecule has 0 fully saturated rings. The summed E-state index contributed by atoms with van der Waals surface area (Å²) in [4.78, 5) is 12.5. The van der Waals surface area contributed by atoms with E-state index in [4.69, 9.17) is 0 Å². The second-order valence-electron chi connectivity index (χ2n) is 2.76. The Morgan fingerprint density at radius 1 is 1.36 bits per heavy atom. The minimum atomic E-state index is 0.353. The molecule has 0 radical (unpaired) electrons. The number of hydrogen-bond donors (Lipinski definition) is 0. The molecule has 0 aromatic carbocycles. The molecule has 56 valence electrons. The molecule has 0 spiro atoms. The molecule has 2 heterocycles. The molecular formula is C8H9N3. The maximum Gasteiger partial charge on any atom is 0.116 e. The van der Waals surface area contributed by atoms with Crippen LogP contribution in [0.5, 0.6) is 0 Å². The zero-order valence-electron chi connectivity index (χ0n) is 6.57. The highest BCUT2D eigenvalue weighted by Crippen LogP contribution is 2.30. The van der Waals surface area contributed by atoms with Gasteiger partial charge in [0.05, 0.1) is 11.4 Å². The first-order valence-corrected chi connectivity index (χ1v) is 3.64. The first kappa shape index (κ1) is 6.46. The summed E-state index contributed by atoms with van der Waals surface area (Å²) in [5.41, 5.74) is 2.98. The number of nitrogens with zero attached hydrogens (tertiary/aromatic N) is 3. The van der Waals surface area contributed by atoms with Crippen molar-refractivity contribution in [3.05, 3.63) is 17.7 Å². The molecule has 1 aliphatic heterocycles. The van der Waals surface area contributed by atoms with Gasteiger partial charge >= 0.3 is 0 Å². The second kappa shape index (κ2) is 2.12. The van der Waals surface area contributed by atoms with E-state index in [1.807, 2.05) is 13.1 Å². The van der Waals surface area contributed by atoms with Gasteiger partial charge in [-0.05, 0) is 6.92 Å². The Morgan fingerprint density at radius 2 is 2.18 bits per heavy atom. The van der Waals surface area contributed by atoms with Crippen molar-refractivity contribution in [2.45, 2.75) is 19.8 Å². The summed E-state index contributed by atoms with van der Waals surface area (Å²) in [5.74, 6) is 0.353. The average molecular weight is 147 g/mol. The van der Waals surface area contributed by atoms with Crippen molar-refractivity contribution in [1.82, 2.24) is 9.97 Å². The van der Waals surface area contributed by atoms with Gasteiger partial charge in [0.15, 0.2) is 0 Å². The minimum Gasteiger partial charge on any atom is -0.257 e. The monoisotopic (exact) mass is 147 g/mol. The van der Waals surface area contributed by atoms with Crippen molar-refractivity contribution in [1.29, 1.82) is 0 Å². The van der Waals surface area contributed by atoms with Gasteiger partial charge in [0.1, 0.15) is 12.0 Å². The maximum absolute atomic E-state index is 4.23. The van der Waals surface area contributed by atoms with Crippen LogP contribution in [-0.2, 0) is 0 Å². The number of aliphatic imine (C=N–C) groups is 1. The second-order valence-corrected chi connectivity index (χ2v) is 2.76. The Bertz CT molecular complexity index is 317. The third kappa shape index (κ3) is 0.843. The molecular weight excluding hydrogens is 138 g/mol. The molecule has 1 unspecified atom stereocenters. The molecule has 11 heavy (non-hydrogen) atoms. The van der Waals surface area contributed by atoms with Crippen molar-refractivity contribution in [3.8, 4) is 0 Å². The van der Waals surface area contributed by atoms with Gasteiger partial charge in [0.25, 0.3) is 0 Å². The zero-order valence-corrected chi connectivity index (χ0v) is 6.57. The highest BCUT2D eigenvalue weighted by atomic mass is 14.9. The van der Waals surface area contributed by atoms with Gasteiger partial charge in [-0.15, -0.1) is 0 Å². The lowest BCUT2D eigenvalue weighted by Crippen LogP contribution is -1.94. The van der Waals surface area contributed by atoms with Crippen LogP contribution in [0.15, 0.2) is 11.3 Å². The van der Waals surface area contributed by atoms with Crippen LogP contribution >= 0.6 is 0 Å². The Balaban J connectivity index is 2.65. The number of aryl methyl sites for hydroxylation is 1. The van der Waals surface area contributed by atoms with Crippen molar-refractivity contribution in [3.63, 3.8) is 0 Å². The molecule has 1 aromatic rings. The fourth-order valence-corrected chi connectivity index (χ4v) is 1.24. The van der Waals surface area contributed by atoms with Gasteiger partial charge in [-0.2, -0.15) is 0 Å². The number of fused-ring (bicyclic) bond motifs is 1. The van der Waals surface area contributed by atoms with E-state index in [1.54, 1.807) is 6.33 Å². The van der Waals surface area contributed by atoms with Gasteiger partial charge < -0.3 is 0 Å². The highest BCUT2D eigenvalue weighted by molar-refractivity contribution is 5.79. The summed E-state index contributed by atoms with van der Waals surface area (Å²) in [6, 6.07) is 0. The predicted molar refractivity (Wildman–Crippen MR) is 43.3 cm³/mol. The van der Waals surface area contributed by atoms with Gasteiger partial charge in [-0.25, -0.2) is 9.97 Å². The largest absolute Gasteiger partial charge is 0.257 e. The smallest absolute Gasteiger partial charge is 0.116 e. The molecule has 0 bridgehead atoms. The van der Waals surface area contributed by atoms with Crippen molar-refractivity contribution in [2.24, 2.45) is 4.99 Å². The summed E-state index contributed by atoms with van der Waals surface area (Å²) in [5, 5.41) is 0. The summed E-state index contributed by atoms with van der Waals surface area (Å²) >= 11 is 0. The van der Waals surface area contributed by atoms with Gasteiger partial charge in [0, 0.05) is 12.1 Å². The summed E-state index contributed by atoms with van der Waals surface area (Å²) in [7, 11) is 0. The lowest BCUT2D eigenvalue weighted by atomic mass is 10.1. The zero-order chi connectivity index (χ0) is 7.84. The number of rotatable bonds is 0. The van der Waals surface area contributed by atoms with Crippen LogP contribution < -0.4 is 0 Å². The van der Waals surface area contributed by atoms with Crippen molar-refractivity contribution >= 4 is 11.9 Å². The lowest BCUT2D eigenvalue weighted by molar-refractivity contribution is 0.957. The molecule has 2 rings (SSSR count). The number of aromatic nitrogens is 2. The van der Waals surface area contributed by atoms with Crippen LogP contribution in [-0.4, -0.2) is 16.2 Å². The molecule has 3 nitrogen and oxygen atoms in total. The molecule has 1 atom stereocenters. The van der Waals surface area contributed by atoms with Gasteiger partial charge in [-0.1, -0.05) is 6.92 Å². The molecule has 0 saturated heterocycles. The van der Waals surface area contributed by atoms with Crippen LogP contribution in [0.2, 0.25) is 0 Å². The van der Waals surface area contributed by atoms with E-state index in [-0.39, 0.29) is 0 Å². The Labute approximate surface area is 65.2 Å². The Kier molecular flexibility index (Phi) is 1.24. The van der Waals surface area contributed by atoms with E-state index in [0.29, 0.717) is 5.92 Å². The standard InChI is InChI=1S/C8H9N3/c1-5-3-9-8-6(2)10-4-11-7(5)8/h3-5H,1-2H3. The van der Waals surface area contributed by atoms with Crippen LogP contribution in [0.3, 0.4) is 0 Å². The Hall–Kier alpha value is -1.25. The van der Waals surface area contributed by atoms with Crippen LogP contribution in [0.4, 0.5) is 5.69 Å². The fourth-order valence-electron chi connectivity index (χ4n) is 1.24. The summed E-state index contributed by atoms with van der Waals surface area (Å²) < 4.78 is 0. The molecule has 1 aliphatic rings. The summed E-state index contributed by atoms with van der Waals surface area (Å²) in [6.07, 6.45) is 3.51. The molecule has 0 amide bonds. The van der Waals surface area contributed by atoms with Crippen molar-refractivity contribution in [2.75, 3.05) is 0 Å². The van der Waals surface area contributed by atoms with Gasteiger partial charge in [0.2, 0.25) is 0 Å². The molecule has 0 N–H and O–H groups in total. The van der Waals surface area contributed by atoms with Crippen LogP contribution in [0.1, 0.15) is 24.2 Å². The van der Waals surface area contributed by atoms with E-state index in [2.05, 4.69) is 21.9 Å². The molecule has 3 heteroatoms. The van der Waals surface area contributed by atoms with Crippen molar-refractivity contribution < 1.29 is 0 Å². The SMILES string of the molecule is Cc1ncnc2c1N=CC2C. The minimum absolute atomic E-state index is 0.353. The average Bonchev–Trinajstić information content (AvgIpc) is 2.35. The van der Waals surface area contributed by atoms with E-state index in [1.165, 1.54) is 0 Å².